The third-order valence-electron chi connectivity index (χ3n) is 1.24. The molecule has 2 nitrogen and oxygen atoms in total. The van der Waals surface area contributed by atoms with E-state index in [2.05, 4.69) is 17.7 Å². The second-order valence-electron chi connectivity index (χ2n) is 1.93. The molecule has 0 saturated heterocycles. The quantitative estimate of drug-likeness (QED) is 0.563. The van der Waals surface area contributed by atoms with E-state index in [0.29, 0.717) is 0 Å². The van der Waals surface area contributed by atoms with Gasteiger partial charge in [0.2, 0.25) is 0 Å². The smallest absolute Gasteiger partial charge is 0.107 e. The maximum Gasteiger partial charge on any atom is 0.107 e. The molecule has 0 amide bonds. The Morgan fingerprint density at radius 1 is 1.56 bits per heavy atom. The average molecular weight is 127 g/mol. The van der Waals surface area contributed by atoms with Crippen LogP contribution in [0.2, 0.25) is 0 Å². The maximum atomic E-state index is 8.07. The van der Waals surface area contributed by atoms with Crippen LogP contribution in [0.5, 0.6) is 0 Å². The van der Waals surface area contributed by atoms with E-state index in [1.54, 1.807) is 0 Å². The van der Waals surface area contributed by atoms with Gasteiger partial charge in [0.25, 0.3) is 0 Å². The van der Waals surface area contributed by atoms with Gasteiger partial charge in [-0.05, 0) is 13.6 Å². The highest BCUT2D eigenvalue weighted by Gasteiger charge is 1.88. The van der Waals surface area contributed by atoms with Crippen molar-refractivity contribution in [2.45, 2.75) is 13.3 Å². The topological polar surface area (TPSA) is 23.5 Å². The van der Waals surface area contributed by atoms with Gasteiger partial charge in [-0.15, -0.1) is 0 Å². The molecule has 0 saturated carbocycles. The van der Waals surface area contributed by atoms with Gasteiger partial charge in [0, 0.05) is 13.0 Å². The van der Waals surface area contributed by atoms with E-state index in [-0.39, 0.29) is 0 Å². The summed E-state index contributed by atoms with van der Waals surface area (Å²) >= 11 is 0. The molecule has 0 radical (unpaired) electrons. The Morgan fingerprint density at radius 2 is 2.22 bits per heavy atom. The SMILES string of the molecule is CCN(C)CCC#CO. The second-order valence-corrected chi connectivity index (χ2v) is 1.93. The first-order chi connectivity index (χ1) is 4.31. The van der Waals surface area contributed by atoms with E-state index < -0.39 is 0 Å². The van der Waals surface area contributed by atoms with E-state index >= 15 is 0 Å². The molecule has 0 heterocycles. The zero-order valence-corrected chi connectivity index (χ0v) is 6.02. The monoisotopic (exact) mass is 127 g/mol. The van der Waals surface area contributed by atoms with Crippen LogP contribution >= 0.6 is 0 Å². The fraction of sp³-hybridized carbons (Fsp3) is 0.714. The molecule has 0 aromatic rings. The molecule has 0 aliphatic rings. The molecule has 0 aliphatic heterocycles. The van der Waals surface area contributed by atoms with Crippen molar-refractivity contribution in [1.82, 2.24) is 4.90 Å². The Bertz CT molecular complexity index is 112. The Balaban J connectivity index is 3.13. The molecule has 52 valence electrons. The highest BCUT2D eigenvalue weighted by atomic mass is 16.2. The number of nitrogens with zero attached hydrogens (tertiary/aromatic N) is 1. The average Bonchev–Trinajstić information content (AvgIpc) is 1.89. The molecule has 0 bridgehead atoms. The molecule has 1 N–H and O–H groups in total. The van der Waals surface area contributed by atoms with Crippen LogP contribution < -0.4 is 0 Å². The van der Waals surface area contributed by atoms with E-state index in [9.17, 15) is 0 Å². The van der Waals surface area contributed by atoms with Gasteiger partial charge in [-0.25, -0.2) is 0 Å². The highest BCUT2D eigenvalue weighted by Crippen LogP contribution is 1.82. The third-order valence-corrected chi connectivity index (χ3v) is 1.24. The number of rotatable bonds is 3. The van der Waals surface area contributed by atoms with Crippen LogP contribution in [0.15, 0.2) is 0 Å². The zero-order valence-electron chi connectivity index (χ0n) is 6.02. The van der Waals surface area contributed by atoms with Crippen molar-refractivity contribution in [3.63, 3.8) is 0 Å². The molecule has 2 heteroatoms. The first-order valence-electron chi connectivity index (χ1n) is 3.11. The summed E-state index contributed by atoms with van der Waals surface area (Å²) in [5, 5.41) is 8.07. The van der Waals surface area contributed by atoms with Crippen LogP contribution in [0, 0.1) is 12.0 Å². The summed E-state index contributed by atoms with van der Waals surface area (Å²) in [7, 11) is 2.03. The minimum absolute atomic E-state index is 0.751. The van der Waals surface area contributed by atoms with Gasteiger partial charge in [-0.3, -0.25) is 0 Å². The lowest BCUT2D eigenvalue weighted by Gasteiger charge is -2.09. The normalized spacial score (nSPS) is 8.78. The largest absolute Gasteiger partial charge is 0.462 e. The van der Waals surface area contributed by atoms with Gasteiger partial charge in [0.15, 0.2) is 0 Å². The Hall–Kier alpha value is -0.680. The second kappa shape index (κ2) is 5.46. The molecule has 0 unspecified atom stereocenters. The Morgan fingerprint density at radius 3 is 2.67 bits per heavy atom. The fourth-order valence-electron chi connectivity index (χ4n) is 0.461. The van der Waals surface area contributed by atoms with Crippen molar-refractivity contribution < 1.29 is 5.11 Å². The van der Waals surface area contributed by atoms with Crippen LogP contribution in [0.1, 0.15) is 13.3 Å². The first-order valence-corrected chi connectivity index (χ1v) is 3.11. The molecule has 0 rings (SSSR count). The van der Waals surface area contributed by atoms with Crippen LogP contribution in [0.3, 0.4) is 0 Å². The van der Waals surface area contributed by atoms with Gasteiger partial charge in [-0.2, -0.15) is 0 Å². The summed E-state index contributed by atoms with van der Waals surface area (Å²) in [6.07, 6.45) is 2.62. The van der Waals surface area contributed by atoms with Gasteiger partial charge in [0.05, 0.1) is 0 Å². The van der Waals surface area contributed by atoms with E-state index in [4.69, 9.17) is 5.11 Å². The predicted octanol–water partition coefficient (Wildman–Crippen LogP) is 0.662. The van der Waals surface area contributed by atoms with Crippen LogP contribution in [0.4, 0.5) is 0 Å². The number of aliphatic hydroxyl groups is 1. The minimum Gasteiger partial charge on any atom is -0.462 e. The van der Waals surface area contributed by atoms with Crippen molar-refractivity contribution in [1.29, 1.82) is 0 Å². The van der Waals surface area contributed by atoms with Gasteiger partial charge < -0.3 is 10.0 Å². The molecule has 0 aromatic heterocycles. The first kappa shape index (κ1) is 8.32. The van der Waals surface area contributed by atoms with E-state index in [1.807, 2.05) is 13.2 Å². The summed E-state index contributed by atoms with van der Waals surface area (Å²) in [5.41, 5.74) is 0. The molecule has 0 atom stereocenters. The molecular weight excluding hydrogens is 114 g/mol. The van der Waals surface area contributed by atoms with Crippen molar-refractivity contribution in [3.8, 4) is 12.0 Å². The Labute approximate surface area is 56.5 Å². The number of hydrogen-bond acceptors (Lipinski definition) is 2. The summed E-state index contributed by atoms with van der Waals surface area (Å²) in [5.74, 6) is 2.58. The summed E-state index contributed by atoms with van der Waals surface area (Å²) in [6, 6.07) is 0. The van der Waals surface area contributed by atoms with E-state index in [1.165, 1.54) is 0 Å². The summed E-state index contributed by atoms with van der Waals surface area (Å²) < 4.78 is 0. The molecule has 0 aromatic carbocycles. The van der Waals surface area contributed by atoms with Gasteiger partial charge in [-0.1, -0.05) is 12.8 Å². The summed E-state index contributed by atoms with van der Waals surface area (Å²) in [4.78, 5) is 2.14. The Kier molecular flexibility index (Phi) is 5.04. The van der Waals surface area contributed by atoms with E-state index in [0.717, 1.165) is 19.5 Å². The van der Waals surface area contributed by atoms with Crippen LogP contribution in [-0.4, -0.2) is 30.1 Å². The third kappa shape index (κ3) is 5.19. The molecule has 0 spiro atoms. The summed E-state index contributed by atoms with van der Waals surface area (Å²) in [6.45, 7) is 4.06. The molecule has 0 fully saturated rings. The van der Waals surface area contributed by atoms with Crippen molar-refractivity contribution in [3.05, 3.63) is 0 Å². The fourth-order valence-corrected chi connectivity index (χ4v) is 0.461. The number of aliphatic hydroxyl groups excluding tert-OH is 1. The van der Waals surface area contributed by atoms with Crippen molar-refractivity contribution >= 4 is 0 Å². The minimum atomic E-state index is 0.751. The van der Waals surface area contributed by atoms with Crippen LogP contribution in [0.25, 0.3) is 0 Å². The number of hydrogen-bond donors (Lipinski definition) is 1. The lowest BCUT2D eigenvalue weighted by molar-refractivity contribution is 0.362. The van der Waals surface area contributed by atoms with Crippen molar-refractivity contribution in [2.75, 3.05) is 20.1 Å². The zero-order chi connectivity index (χ0) is 7.11. The molecule has 9 heavy (non-hydrogen) atoms. The van der Waals surface area contributed by atoms with Gasteiger partial charge >= 0.3 is 0 Å². The lowest BCUT2D eigenvalue weighted by Crippen LogP contribution is -2.18. The standard InChI is InChI=1S/C7H13NO/c1-3-8(2)6-4-5-7-9/h9H,3-4,6H2,1-2H3. The van der Waals surface area contributed by atoms with Gasteiger partial charge in [0.1, 0.15) is 6.11 Å². The van der Waals surface area contributed by atoms with Crippen molar-refractivity contribution in [2.24, 2.45) is 0 Å². The maximum absolute atomic E-state index is 8.07. The lowest BCUT2D eigenvalue weighted by atomic mass is 10.4. The molecule has 0 aliphatic carbocycles. The highest BCUT2D eigenvalue weighted by molar-refractivity contribution is 4.89. The van der Waals surface area contributed by atoms with Crippen LogP contribution in [-0.2, 0) is 0 Å². The predicted molar refractivity (Wildman–Crippen MR) is 37.5 cm³/mol. The molecular formula is C7H13NO.